The van der Waals surface area contributed by atoms with Crippen molar-refractivity contribution in [1.29, 1.82) is 0 Å². The number of halogens is 3. The van der Waals surface area contributed by atoms with E-state index in [-0.39, 0.29) is 54.5 Å². The molecule has 1 aliphatic rings. The van der Waals surface area contributed by atoms with Gasteiger partial charge in [0, 0.05) is 36.9 Å². The highest BCUT2D eigenvalue weighted by atomic mass is 35.5. The van der Waals surface area contributed by atoms with E-state index in [0.29, 0.717) is 31.7 Å². The van der Waals surface area contributed by atoms with Crippen LogP contribution < -0.4 is 21.9 Å². The highest BCUT2D eigenvalue weighted by Gasteiger charge is 2.35. The van der Waals surface area contributed by atoms with Gasteiger partial charge in [-0.3, -0.25) is 19.1 Å². The average molecular weight is 633 g/mol. The van der Waals surface area contributed by atoms with E-state index in [9.17, 15) is 9.59 Å². The van der Waals surface area contributed by atoms with E-state index >= 15 is 0 Å². The number of pyridine rings is 2. The molecule has 224 valence electrons. The fraction of sp³-hybridized carbons (Fsp3) is 0.300. The number of amides is 1. The number of aromatic nitrogens is 4. The van der Waals surface area contributed by atoms with Gasteiger partial charge in [-0.2, -0.15) is 0 Å². The van der Waals surface area contributed by atoms with Gasteiger partial charge in [0.05, 0.1) is 11.1 Å². The number of anilines is 2. The lowest BCUT2D eigenvalue weighted by Crippen LogP contribution is -2.39. The molecule has 12 heteroatoms. The summed E-state index contributed by atoms with van der Waals surface area (Å²) in [4.78, 5) is 40.2. The number of carbonyl (C=O) groups is 1. The predicted molar refractivity (Wildman–Crippen MR) is 173 cm³/mol. The van der Waals surface area contributed by atoms with Crippen LogP contribution in [0.1, 0.15) is 54.0 Å². The summed E-state index contributed by atoms with van der Waals surface area (Å²) in [6, 6.07) is 19.0. The summed E-state index contributed by atoms with van der Waals surface area (Å²) in [7, 11) is 0. The minimum atomic E-state index is -0.598. The number of hydrogen-bond donors (Lipinski definition) is 3. The average Bonchev–Trinajstić information content (AvgIpc) is 3.40. The first-order chi connectivity index (χ1) is 18.9. The maximum Gasteiger partial charge on any atom is 0.294 e. The smallest absolute Gasteiger partial charge is 0.294 e. The third kappa shape index (κ3) is 6.86. The van der Waals surface area contributed by atoms with Crippen LogP contribution in [0.15, 0.2) is 77.9 Å². The van der Waals surface area contributed by atoms with Gasteiger partial charge in [-0.05, 0) is 55.5 Å². The largest absolute Gasteiger partial charge is 0.384 e. The number of benzene rings is 1. The molecule has 0 saturated carbocycles. The lowest BCUT2D eigenvalue weighted by molar-refractivity contribution is -0.124. The number of nitrogens with one attached hydrogen (secondary N) is 2. The molecule has 0 unspecified atom stereocenters. The number of fused-ring (bicyclic) bond motifs is 1. The van der Waals surface area contributed by atoms with E-state index in [1.54, 1.807) is 23.0 Å². The van der Waals surface area contributed by atoms with E-state index in [1.807, 2.05) is 49.4 Å². The van der Waals surface area contributed by atoms with Crippen LogP contribution in [0.25, 0.3) is 0 Å². The van der Waals surface area contributed by atoms with Gasteiger partial charge >= 0.3 is 0 Å². The number of aryl methyl sites for hydroxylation is 2. The Morgan fingerprint density at radius 3 is 2.45 bits per heavy atom. The van der Waals surface area contributed by atoms with Gasteiger partial charge in [-0.1, -0.05) is 49.4 Å². The van der Waals surface area contributed by atoms with E-state index in [2.05, 4.69) is 44.6 Å². The van der Waals surface area contributed by atoms with Gasteiger partial charge in [0.2, 0.25) is 5.91 Å². The highest BCUT2D eigenvalue weighted by molar-refractivity contribution is 5.86. The quantitative estimate of drug-likeness (QED) is 0.242. The molecular formula is C30H36Cl3N7O2. The lowest BCUT2D eigenvalue weighted by atomic mass is 9.75. The highest BCUT2D eigenvalue weighted by Crippen LogP contribution is 2.34. The molecular weight excluding hydrogens is 597 g/mol. The zero-order valence-corrected chi connectivity index (χ0v) is 25.9. The van der Waals surface area contributed by atoms with Crippen molar-refractivity contribution in [2.45, 2.75) is 51.1 Å². The predicted octanol–water partition coefficient (Wildman–Crippen LogP) is 4.80. The second-order valence-electron chi connectivity index (χ2n) is 9.90. The van der Waals surface area contributed by atoms with Crippen LogP contribution in [0, 0.1) is 6.92 Å². The van der Waals surface area contributed by atoms with Crippen molar-refractivity contribution in [3.8, 4) is 0 Å². The molecule has 42 heavy (non-hydrogen) atoms. The number of nitrogens with zero attached hydrogens (tertiary/aromatic N) is 4. The second-order valence-corrected chi connectivity index (χ2v) is 9.90. The maximum absolute atomic E-state index is 13.6. The summed E-state index contributed by atoms with van der Waals surface area (Å²) in [5.41, 5.74) is 9.39. The van der Waals surface area contributed by atoms with Gasteiger partial charge in [-0.25, -0.2) is 9.97 Å². The van der Waals surface area contributed by atoms with Gasteiger partial charge in [0.1, 0.15) is 11.9 Å². The third-order valence-corrected chi connectivity index (χ3v) is 7.67. The summed E-state index contributed by atoms with van der Waals surface area (Å²) in [5.74, 6) is 0.459. The van der Waals surface area contributed by atoms with Gasteiger partial charge in [0.25, 0.3) is 5.56 Å². The number of nitrogens with two attached hydrogens (primary N) is 1. The van der Waals surface area contributed by atoms with Crippen LogP contribution in [0.3, 0.4) is 0 Å². The Morgan fingerprint density at radius 1 is 1.05 bits per heavy atom. The molecule has 1 aliphatic heterocycles. The maximum atomic E-state index is 13.6. The van der Waals surface area contributed by atoms with Crippen LogP contribution in [0.5, 0.6) is 0 Å². The van der Waals surface area contributed by atoms with Crippen LogP contribution in [-0.4, -0.2) is 32.0 Å². The van der Waals surface area contributed by atoms with Crippen LogP contribution >= 0.6 is 37.2 Å². The summed E-state index contributed by atoms with van der Waals surface area (Å²) in [5, 5.41) is 6.29. The van der Waals surface area contributed by atoms with Gasteiger partial charge in [-0.15, -0.1) is 37.2 Å². The van der Waals surface area contributed by atoms with E-state index in [0.717, 1.165) is 34.6 Å². The first-order valence-electron chi connectivity index (χ1n) is 13.2. The number of rotatable bonds is 9. The Hall–Kier alpha value is -3.66. The minimum Gasteiger partial charge on any atom is -0.384 e. The first-order valence-corrected chi connectivity index (χ1v) is 13.2. The summed E-state index contributed by atoms with van der Waals surface area (Å²) >= 11 is 0. The van der Waals surface area contributed by atoms with E-state index in [1.165, 1.54) is 0 Å². The SMILES string of the molecule is CC[C@@](CNc1ncc2n(c1=O)[C@H](C(=O)NCc1ccc(N)nc1C)CC2)(c1ccccc1)c1ccccn1.Cl.Cl.Cl. The Kier molecular flexibility index (Phi) is 12.3. The molecule has 0 saturated heterocycles. The van der Waals surface area contributed by atoms with Crippen molar-refractivity contribution in [2.24, 2.45) is 0 Å². The van der Waals surface area contributed by atoms with E-state index in [4.69, 9.17) is 5.73 Å². The number of carbonyl (C=O) groups excluding carboxylic acids is 1. The minimum absolute atomic E-state index is 0. The molecule has 4 heterocycles. The molecule has 5 rings (SSSR count). The summed E-state index contributed by atoms with van der Waals surface area (Å²) in [6.45, 7) is 4.71. The van der Waals surface area contributed by atoms with Crippen LogP contribution in [0.2, 0.25) is 0 Å². The van der Waals surface area contributed by atoms with E-state index < -0.39 is 11.5 Å². The first kappa shape index (κ1) is 34.5. The monoisotopic (exact) mass is 631 g/mol. The Bertz CT molecular complexity index is 1500. The Balaban J connectivity index is 0.00000205. The fourth-order valence-electron chi connectivity index (χ4n) is 5.40. The molecule has 0 radical (unpaired) electrons. The molecule has 0 spiro atoms. The molecule has 2 atom stereocenters. The topological polar surface area (TPSA) is 128 Å². The number of nitrogen functional groups attached to an aromatic ring is 1. The fourth-order valence-corrected chi connectivity index (χ4v) is 5.40. The molecule has 9 nitrogen and oxygen atoms in total. The lowest BCUT2D eigenvalue weighted by Gasteiger charge is -2.33. The zero-order valence-electron chi connectivity index (χ0n) is 23.4. The standard InChI is InChI=1S/C30H33N7O2.3ClH/c1-3-30(22-9-5-4-6-10-22,25-11-7-8-16-32-25)19-35-27-29(39)37-23(18-33-27)13-14-24(37)28(38)34-17-21-12-15-26(31)36-20(21)2;;;/h4-12,15-16,18,24H,3,13-14,17,19H2,1-2H3,(H2,31,36)(H,33,35)(H,34,38);3*1H/t24-,30+;;;/m0.../s1. The number of hydrogen-bond acceptors (Lipinski definition) is 7. The normalized spacial score (nSPS) is 14.7. The van der Waals surface area contributed by atoms with Crippen LogP contribution in [0.4, 0.5) is 11.6 Å². The van der Waals surface area contributed by atoms with Gasteiger partial charge in [0.15, 0.2) is 5.82 Å². The van der Waals surface area contributed by atoms with Crippen LogP contribution in [-0.2, 0) is 23.2 Å². The zero-order chi connectivity index (χ0) is 27.4. The van der Waals surface area contributed by atoms with Crippen molar-refractivity contribution in [3.63, 3.8) is 0 Å². The summed E-state index contributed by atoms with van der Waals surface area (Å²) < 4.78 is 1.58. The Labute approximate surface area is 264 Å². The van der Waals surface area contributed by atoms with Crippen molar-refractivity contribution < 1.29 is 4.79 Å². The van der Waals surface area contributed by atoms with Crippen molar-refractivity contribution in [2.75, 3.05) is 17.6 Å². The van der Waals surface area contributed by atoms with Crippen molar-refractivity contribution in [3.05, 3.63) is 112 Å². The summed E-state index contributed by atoms with van der Waals surface area (Å²) in [6.07, 6.45) is 5.40. The third-order valence-electron chi connectivity index (χ3n) is 7.67. The Morgan fingerprint density at radius 2 is 1.79 bits per heavy atom. The molecule has 0 bridgehead atoms. The van der Waals surface area contributed by atoms with Gasteiger partial charge < -0.3 is 16.4 Å². The molecule has 0 fully saturated rings. The molecule has 1 amide bonds. The molecule has 1 aromatic carbocycles. The molecule has 4 N–H and O–H groups in total. The molecule has 4 aromatic rings. The molecule has 3 aromatic heterocycles. The van der Waals surface area contributed by atoms with Crippen molar-refractivity contribution in [1.82, 2.24) is 24.8 Å². The molecule has 0 aliphatic carbocycles. The second kappa shape index (κ2) is 15.0. The van der Waals surface area contributed by atoms with Crippen molar-refractivity contribution >= 4 is 54.8 Å².